The van der Waals surface area contributed by atoms with Gasteiger partial charge in [0.2, 0.25) is 0 Å². The number of carbonyl (C=O) groups excluding carboxylic acids is 2. The second kappa shape index (κ2) is 9.76. The quantitative estimate of drug-likeness (QED) is 0.431. The first-order valence-corrected chi connectivity index (χ1v) is 13.3. The first kappa shape index (κ1) is 25.0. The second-order valence-electron chi connectivity index (χ2n) is 10.5. The van der Waals surface area contributed by atoms with E-state index in [0.29, 0.717) is 35.7 Å². The van der Waals surface area contributed by atoms with Gasteiger partial charge in [0, 0.05) is 36.0 Å². The van der Waals surface area contributed by atoms with E-state index in [2.05, 4.69) is 0 Å². The summed E-state index contributed by atoms with van der Waals surface area (Å²) in [7, 11) is 1.62. The summed E-state index contributed by atoms with van der Waals surface area (Å²) in [5.41, 5.74) is 4.45. The first-order chi connectivity index (χ1) is 18.8. The van der Waals surface area contributed by atoms with E-state index in [9.17, 15) is 19.5 Å². The molecule has 3 aromatic rings. The molecule has 1 saturated carbocycles. The minimum absolute atomic E-state index is 0.0940. The summed E-state index contributed by atoms with van der Waals surface area (Å²) in [5, 5.41) is 9.27. The Balaban J connectivity index is 1.23. The lowest BCUT2D eigenvalue weighted by Gasteiger charge is -2.24. The molecule has 2 heterocycles. The van der Waals surface area contributed by atoms with Crippen molar-refractivity contribution < 1.29 is 29.0 Å². The van der Waals surface area contributed by atoms with Crippen LogP contribution in [0.1, 0.15) is 86.4 Å². The van der Waals surface area contributed by atoms with Gasteiger partial charge in [-0.25, -0.2) is 4.79 Å². The van der Waals surface area contributed by atoms with Crippen LogP contribution >= 0.6 is 0 Å². The zero-order valence-corrected chi connectivity index (χ0v) is 22.0. The summed E-state index contributed by atoms with van der Waals surface area (Å²) in [6.45, 7) is 2.73. The smallest absolute Gasteiger partial charge is 0.335 e. The van der Waals surface area contributed by atoms with E-state index in [-0.39, 0.29) is 29.5 Å². The van der Waals surface area contributed by atoms with Crippen LogP contribution in [-0.2, 0) is 13.1 Å². The number of carbonyl (C=O) groups is 3. The zero-order valence-electron chi connectivity index (χ0n) is 22.0. The molecule has 6 rings (SSSR count). The molecule has 0 bridgehead atoms. The number of benzene rings is 3. The first-order valence-electron chi connectivity index (χ1n) is 13.3. The van der Waals surface area contributed by atoms with Crippen molar-refractivity contribution in [1.29, 1.82) is 0 Å². The normalized spacial score (nSPS) is 18.5. The number of hydrogen-bond acceptors (Lipinski definition) is 5. The number of hydrogen-bond donors (Lipinski definition) is 1. The maximum atomic E-state index is 13.7. The highest BCUT2D eigenvalue weighted by Gasteiger charge is 2.36. The number of carboxylic acids is 1. The predicted octanol–water partition coefficient (Wildman–Crippen LogP) is 5.59. The van der Waals surface area contributed by atoms with Crippen LogP contribution in [0.4, 0.5) is 5.69 Å². The number of rotatable bonds is 7. The highest BCUT2D eigenvalue weighted by Crippen LogP contribution is 2.42. The average molecular weight is 527 g/mol. The molecule has 3 aromatic carbocycles. The van der Waals surface area contributed by atoms with Crippen LogP contribution in [0.25, 0.3) is 0 Å². The summed E-state index contributed by atoms with van der Waals surface area (Å²) in [4.78, 5) is 41.5. The lowest BCUT2D eigenvalue weighted by Crippen LogP contribution is -2.26. The number of amides is 2. The minimum Gasteiger partial charge on any atom is -0.493 e. The molecule has 3 aliphatic rings. The largest absolute Gasteiger partial charge is 0.493 e. The van der Waals surface area contributed by atoms with Crippen molar-refractivity contribution in [2.24, 2.45) is 0 Å². The van der Waals surface area contributed by atoms with Crippen molar-refractivity contribution in [2.75, 3.05) is 12.0 Å². The molecular weight excluding hydrogens is 496 g/mol. The average Bonchev–Trinajstić information content (AvgIpc) is 3.62. The standard InChI is InChI=1S/C31H30N2O6/c1-18-24-11-7-19(16-32-17-21-9-8-20(31(36)37)14-25(21)29(32)34)13-26(24)30(35)33(18)22-10-12-27(38-2)28(15-22)39-23-5-3-4-6-23/h7-15,18,23H,3-6,16-17H2,1-2H3,(H,36,37). The van der Waals surface area contributed by atoms with Crippen molar-refractivity contribution >= 4 is 23.5 Å². The van der Waals surface area contributed by atoms with Gasteiger partial charge in [0.15, 0.2) is 11.5 Å². The van der Waals surface area contributed by atoms with Crippen LogP contribution in [0, 0.1) is 0 Å². The van der Waals surface area contributed by atoms with Crippen molar-refractivity contribution in [1.82, 2.24) is 4.90 Å². The zero-order chi connectivity index (χ0) is 27.3. The van der Waals surface area contributed by atoms with Crippen molar-refractivity contribution in [3.63, 3.8) is 0 Å². The summed E-state index contributed by atoms with van der Waals surface area (Å²) in [5.74, 6) is -0.0661. The Morgan fingerprint density at radius 3 is 2.49 bits per heavy atom. The summed E-state index contributed by atoms with van der Waals surface area (Å²) in [6.07, 6.45) is 4.52. The van der Waals surface area contributed by atoms with E-state index in [0.717, 1.165) is 48.1 Å². The topological polar surface area (TPSA) is 96.4 Å². The third-order valence-electron chi connectivity index (χ3n) is 8.03. The minimum atomic E-state index is -1.06. The van der Waals surface area contributed by atoms with E-state index >= 15 is 0 Å². The molecule has 0 spiro atoms. The molecule has 2 aliphatic heterocycles. The highest BCUT2D eigenvalue weighted by atomic mass is 16.5. The monoisotopic (exact) mass is 526 g/mol. The molecule has 0 aromatic heterocycles. The van der Waals surface area contributed by atoms with Gasteiger partial charge < -0.3 is 24.4 Å². The van der Waals surface area contributed by atoms with Crippen LogP contribution in [0.3, 0.4) is 0 Å². The van der Waals surface area contributed by atoms with Crippen LogP contribution in [0.2, 0.25) is 0 Å². The molecule has 1 N–H and O–H groups in total. The summed E-state index contributed by atoms with van der Waals surface area (Å²) in [6, 6.07) is 15.9. The van der Waals surface area contributed by atoms with E-state index < -0.39 is 5.97 Å². The van der Waals surface area contributed by atoms with Crippen LogP contribution in [0.15, 0.2) is 54.6 Å². The number of fused-ring (bicyclic) bond motifs is 2. The number of ether oxygens (including phenoxy) is 2. The molecule has 0 radical (unpaired) electrons. The molecule has 1 atom stereocenters. The number of carboxylic acid groups (broad SMARTS) is 1. The van der Waals surface area contributed by atoms with Gasteiger partial charge in [-0.2, -0.15) is 0 Å². The van der Waals surface area contributed by atoms with Gasteiger partial charge in [-0.1, -0.05) is 18.2 Å². The highest BCUT2D eigenvalue weighted by molar-refractivity contribution is 6.11. The van der Waals surface area contributed by atoms with Gasteiger partial charge in [0.05, 0.1) is 24.8 Å². The third kappa shape index (κ3) is 4.39. The molecule has 2 amide bonds. The number of nitrogens with zero attached hydrogens (tertiary/aromatic N) is 2. The molecule has 0 saturated heterocycles. The third-order valence-corrected chi connectivity index (χ3v) is 8.03. The molecule has 200 valence electrons. The Morgan fingerprint density at radius 1 is 0.949 bits per heavy atom. The number of aromatic carboxylic acids is 1. The summed E-state index contributed by atoms with van der Waals surface area (Å²) < 4.78 is 11.8. The molecule has 8 heteroatoms. The molecule has 8 nitrogen and oxygen atoms in total. The van der Waals surface area contributed by atoms with Gasteiger partial charge in [0.25, 0.3) is 11.8 Å². The van der Waals surface area contributed by atoms with Crippen molar-refractivity contribution in [3.8, 4) is 11.5 Å². The molecule has 39 heavy (non-hydrogen) atoms. The van der Waals surface area contributed by atoms with Gasteiger partial charge in [-0.3, -0.25) is 9.59 Å². The molecule has 1 unspecified atom stereocenters. The van der Waals surface area contributed by atoms with Crippen LogP contribution in [0.5, 0.6) is 11.5 Å². The Hall–Kier alpha value is -4.33. The van der Waals surface area contributed by atoms with Crippen LogP contribution < -0.4 is 14.4 Å². The lowest BCUT2D eigenvalue weighted by atomic mass is 10.0. The molecular formula is C31H30N2O6. The summed E-state index contributed by atoms with van der Waals surface area (Å²) >= 11 is 0. The maximum absolute atomic E-state index is 13.7. The Labute approximate surface area is 226 Å². The Bertz CT molecular complexity index is 1490. The van der Waals surface area contributed by atoms with E-state index in [4.69, 9.17) is 9.47 Å². The number of methoxy groups -OCH3 is 1. The fourth-order valence-corrected chi connectivity index (χ4v) is 5.97. The Kier molecular flexibility index (Phi) is 6.25. The van der Waals surface area contributed by atoms with Gasteiger partial charge in [0.1, 0.15) is 0 Å². The van der Waals surface area contributed by atoms with Gasteiger partial charge in [-0.05, 0) is 79.6 Å². The number of anilines is 1. The van der Waals surface area contributed by atoms with Gasteiger partial charge in [-0.15, -0.1) is 0 Å². The van der Waals surface area contributed by atoms with Crippen molar-refractivity contribution in [3.05, 3.63) is 88.0 Å². The second-order valence-corrected chi connectivity index (χ2v) is 10.5. The van der Waals surface area contributed by atoms with Gasteiger partial charge >= 0.3 is 5.97 Å². The van der Waals surface area contributed by atoms with E-state index in [1.54, 1.807) is 23.0 Å². The SMILES string of the molecule is COc1ccc(N2C(=O)c3cc(CN4Cc5ccc(C(=O)O)cc5C4=O)ccc3C2C)cc1OC1CCCC1. The molecule has 1 aliphatic carbocycles. The van der Waals surface area contributed by atoms with E-state index in [1.165, 1.54) is 12.1 Å². The van der Waals surface area contributed by atoms with Crippen LogP contribution in [-0.4, -0.2) is 41.0 Å². The Morgan fingerprint density at radius 2 is 1.74 bits per heavy atom. The lowest BCUT2D eigenvalue weighted by molar-refractivity contribution is 0.0696. The predicted molar refractivity (Wildman–Crippen MR) is 145 cm³/mol. The fourth-order valence-electron chi connectivity index (χ4n) is 5.97. The molecule has 1 fully saturated rings. The maximum Gasteiger partial charge on any atom is 0.335 e. The fraction of sp³-hybridized carbons (Fsp3) is 0.323. The van der Waals surface area contributed by atoms with E-state index in [1.807, 2.05) is 43.3 Å². The van der Waals surface area contributed by atoms with Crippen molar-refractivity contribution in [2.45, 2.75) is 57.8 Å².